The number of benzene rings is 1. The van der Waals surface area contributed by atoms with E-state index in [0.717, 1.165) is 30.1 Å². The number of fused-ring (bicyclic) bond motifs is 1. The van der Waals surface area contributed by atoms with Crippen molar-refractivity contribution < 1.29 is 9.59 Å². The van der Waals surface area contributed by atoms with Gasteiger partial charge < -0.3 is 15.5 Å². The molecule has 3 rings (SSSR count). The first-order chi connectivity index (χ1) is 11.2. The van der Waals surface area contributed by atoms with Crippen molar-refractivity contribution >= 4 is 29.3 Å². The number of piperidine rings is 1. The molecule has 1 aromatic rings. The van der Waals surface area contributed by atoms with Crippen LogP contribution in [-0.4, -0.2) is 43.7 Å². The van der Waals surface area contributed by atoms with Gasteiger partial charge in [-0.2, -0.15) is 0 Å². The molecule has 0 bridgehead atoms. The van der Waals surface area contributed by atoms with Gasteiger partial charge in [-0.25, -0.2) is 0 Å². The Balaban J connectivity index is 1.50. The Bertz CT molecular complexity index is 573. The first kappa shape index (κ1) is 16.3. The van der Waals surface area contributed by atoms with Crippen molar-refractivity contribution in [1.82, 2.24) is 10.6 Å². The molecule has 1 saturated heterocycles. The fraction of sp³-hybridized carbons (Fsp3) is 0.529. The second kappa shape index (κ2) is 7.84. The molecule has 2 aliphatic heterocycles. The van der Waals surface area contributed by atoms with Gasteiger partial charge in [0, 0.05) is 11.4 Å². The fourth-order valence-corrected chi connectivity index (χ4v) is 4.05. The van der Waals surface area contributed by atoms with Gasteiger partial charge in [0.1, 0.15) is 6.54 Å². The maximum absolute atomic E-state index is 12.2. The number of anilines is 1. The Hall–Kier alpha value is -1.53. The smallest absolute Gasteiger partial charge is 0.240 e. The maximum Gasteiger partial charge on any atom is 0.240 e. The van der Waals surface area contributed by atoms with E-state index in [1.54, 1.807) is 4.90 Å². The number of carbonyl (C=O) groups is 2. The van der Waals surface area contributed by atoms with E-state index < -0.39 is 0 Å². The van der Waals surface area contributed by atoms with Crippen molar-refractivity contribution in [3.63, 3.8) is 0 Å². The molecule has 2 amide bonds. The average Bonchev–Trinajstić information content (AvgIpc) is 2.58. The van der Waals surface area contributed by atoms with Gasteiger partial charge in [-0.1, -0.05) is 12.1 Å². The summed E-state index contributed by atoms with van der Waals surface area (Å²) in [5, 5.41) is 6.35. The van der Waals surface area contributed by atoms with Crippen molar-refractivity contribution in [2.24, 2.45) is 5.92 Å². The molecule has 0 saturated carbocycles. The van der Waals surface area contributed by atoms with Gasteiger partial charge in [-0.05, 0) is 50.4 Å². The highest BCUT2D eigenvalue weighted by Gasteiger charge is 2.26. The summed E-state index contributed by atoms with van der Waals surface area (Å²) in [6.45, 7) is 2.95. The van der Waals surface area contributed by atoms with Crippen LogP contribution < -0.4 is 15.5 Å². The van der Waals surface area contributed by atoms with Crippen molar-refractivity contribution in [3.8, 4) is 0 Å². The molecule has 124 valence electrons. The SMILES string of the molecule is O=C(CN1C(=O)CSc2ccccc21)NCCC1CCCNC1. The number of para-hydroxylation sites is 1. The largest absolute Gasteiger partial charge is 0.355 e. The lowest BCUT2D eigenvalue weighted by Gasteiger charge is -2.28. The number of carbonyl (C=O) groups excluding carboxylic acids is 2. The Morgan fingerprint density at radius 2 is 2.26 bits per heavy atom. The summed E-state index contributed by atoms with van der Waals surface area (Å²) in [7, 11) is 0. The monoisotopic (exact) mass is 333 g/mol. The Labute approximate surface area is 141 Å². The van der Waals surface area contributed by atoms with E-state index in [2.05, 4.69) is 10.6 Å². The average molecular weight is 333 g/mol. The molecule has 2 heterocycles. The highest BCUT2D eigenvalue weighted by atomic mass is 32.2. The van der Waals surface area contributed by atoms with Crippen LogP contribution in [-0.2, 0) is 9.59 Å². The highest BCUT2D eigenvalue weighted by Crippen LogP contribution is 2.34. The molecule has 1 aromatic carbocycles. The minimum absolute atomic E-state index is 0.000306. The number of nitrogens with zero attached hydrogens (tertiary/aromatic N) is 1. The molecule has 2 aliphatic rings. The summed E-state index contributed by atoms with van der Waals surface area (Å²) >= 11 is 1.53. The molecular formula is C17H23N3O2S. The van der Waals surface area contributed by atoms with Gasteiger partial charge in [0.25, 0.3) is 0 Å². The van der Waals surface area contributed by atoms with E-state index in [9.17, 15) is 9.59 Å². The van der Waals surface area contributed by atoms with Crippen molar-refractivity contribution in [1.29, 1.82) is 0 Å². The molecule has 2 N–H and O–H groups in total. The Kier molecular flexibility index (Phi) is 5.56. The van der Waals surface area contributed by atoms with Crippen LogP contribution in [0.4, 0.5) is 5.69 Å². The maximum atomic E-state index is 12.2. The third kappa shape index (κ3) is 4.26. The van der Waals surface area contributed by atoms with Crippen molar-refractivity contribution in [3.05, 3.63) is 24.3 Å². The van der Waals surface area contributed by atoms with E-state index in [4.69, 9.17) is 0 Å². The minimum Gasteiger partial charge on any atom is -0.355 e. The molecule has 5 nitrogen and oxygen atoms in total. The molecule has 0 aliphatic carbocycles. The topological polar surface area (TPSA) is 61.4 Å². The summed E-state index contributed by atoms with van der Waals surface area (Å²) in [6.07, 6.45) is 3.45. The first-order valence-electron chi connectivity index (χ1n) is 8.23. The second-order valence-electron chi connectivity index (χ2n) is 6.09. The zero-order valence-electron chi connectivity index (χ0n) is 13.2. The molecular weight excluding hydrogens is 310 g/mol. The molecule has 6 heteroatoms. The minimum atomic E-state index is -0.0798. The summed E-state index contributed by atoms with van der Waals surface area (Å²) < 4.78 is 0. The van der Waals surface area contributed by atoms with Crippen LogP contribution in [0.15, 0.2) is 29.2 Å². The van der Waals surface area contributed by atoms with Crippen molar-refractivity contribution in [2.45, 2.75) is 24.2 Å². The van der Waals surface area contributed by atoms with E-state index >= 15 is 0 Å². The molecule has 0 radical (unpaired) electrons. The van der Waals surface area contributed by atoms with Gasteiger partial charge in [-0.3, -0.25) is 9.59 Å². The third-order valence-corrected chi connectivity index (χ3v) is 5.43. The van der Waals surface area contributed by atoms with Crippen LogP contribution in [0, 0.1) is 5.92 Å². The molecule has 23 heavy (non-hydrogen) atoms. The van der Waals surface area contributed by atoms with Gasteiger partial charge in [0.05, 0.1) is 11.4 Å². The lowest BCUT2D eigenvalue weighted by Crippen LogP contribution is -2.43. The number of hydrogen-bond donors (Lipinski definition) is 2. The number of thioether (sulfide) groups is 1. The second-order valence-corrected chi connectivity index (χ2v) is 7.10. The number of nitrogens with one attached hydrogen (secondary N) is 2. The molecule has 1 unspecified atom stereocenters. The standard InChI is InChI=1S/C17H23N3O2S/c21-16(19-9-7-13-4-3-8-18-10-13)11-20-14-5-1-2-6-15(14)23-12-17(20)22/h1-2,5-6,13,18H,3-4,7-12H2,(H,19,21). The van der Waals surface area contributed by atoms with E-state index in [1.807, 2.05) is 24.3 Å². The van der Waals surface area contributed by atoms with Crippen LogP contribution in [0.1, 0.15) is 19.3 Å². The number of hydrogen-bond acceptors (Lipinski definition) is 4. The summed E-state index contributed by atoms with van der Waals surface area (Å²) in [5.74, 6) is 0.972. The predicted molar refractivity (Wildman–Crippen MR) is 92.7 cm³/mol. The lowest BCUT2D eigenvalue weighted by atomic mass is 9.96. The Morgan fingerprint density at radius 1 is 1.39 bits per heavy atom. The summed E-state index contributed by atoms with van der Waals surface area (Å²) in [5.41, 5.74) is 0.848. The van der Waals surface area contributed by atoms with Crippen LogP contribution >= 0.6 is 11.8 Å². The fourth-order valence-electron chi connectivity index (χ4n) is 3.11. The highest BCUT2D eigenvalue weighted by molar-refractivity contribution is 8.00. The van der Waals surface area contributed by atoms with Crippen LogP contribution in [0.25, 0.3) is 0 Å². The number of amides is 2. The Morgan fingerprint density at radius 3 is 3.09 bits per heavy atom. The van der Waals surface area contributed by atoms with Crippen molar-refractivity contribution in [2.75, 3.05) is 36.8 Å². The van der Waals surface area contributed by atoms with Crippen LogP contribution in [0.3, 0.4) is 0 Å². The third-order valence-electron chi connectivity index (χ3n) is 4.38. The van der Waals surface area contributed by atoms with E-state index in [0.29, 0.717) is 18.2 Å². The molecule has 0 spiro atoms. The normalized spacial score (nSPS) is 21.0. The zero-order valence-corrected chi connectivity index (χ0v) is 14.0. The van der Waals surface area contributed by atoms with E-state index in [1.165, 1.54) is 24.6 Å². The van der Waals surface area contributed by atoms with Gasteiger partial charge in [0.15, 0.2) is 0 Å². The lowest BCUT2D eigenvalue weighted by molar-refractivity contribution is -0.123. The molecule has 1 atom stereocenters. The zero-order chi connectivity index (χ0) is 16.1. The van der Waals surface area contributed by atoms with Crippen LogP contribution in [0.5, 0.6) is 0 Å². The van der Waals surface area contributed by atoms with Gasteiger partial charge >= 0.3 is 0 Å². The van der Waals surface area contributed by atoms with Gasteiger partial charge in [0.2, 0.25) is 11.8 Å². The van der Waals surface area contributed by atoms with E-state index in [-0.39, 0.29) is 18.4 Å². The quantitative estimate of drug-likeness (QED) is 0.860. The molecule has 0 aromatic heterocycles. The summed E-state index contributed by atoms with van der Waals surface area (Å²) in [4.78, 5) is 27.0. The van der Waals surface area contributed by atoms with Crippen LogP contribution in [0.2, 0.25) is 0 Å². The summed E-state index contributed by atoms with van der Waals surface area (Å²) in [6, 6.07) is 7.75. The van der Waals surface area contributed by atoms with Gasteiger partial charge in [-0.15, -0.1) is 11.8 Å². The first-order valence-corrected chi connectivity index (χ1v) is 9.22. The number of rotatable bonds is 5. The predicted octanol–water partition coefficient (Wildman–Crippen LogP) is 1.63. The molecule has 1 fully saturated rings.